The molecule has 4 aromatic rings. The molecule has 0 spiro atoms. The molecule has 0 aliphatic heterocycles. The molecule has 0 saturated heterocycles. The van der Waals surface area contributed by atoms with E-state index in [-0.39, 0.29) is 29.0 Å². The number of nitrogens with one attached hydrogen (secondary N) is 3. The molecule has 0 fully saturated rings. The van der Waals surface area contributed by atoms with Crippen molar-refractivity contribution in [3.63, 3.8) is 0 Å². The third-order valence-corrected chi connectivity index (χ3v) is 5.20. The van der Waals surface area contributed by atoms with Crippen molar-refractivity contribution < 1.29 is 14.0 Å². The molecule has 0 aliphatic carbocycles. The van der Waals surface area contributed by atoms with E-state index in [1.165, 1.54) is 12.1 Å². The number of fused-ring (bicyclic) bond motifs is 1. The first kappa shape index (κ1) is 22.1. The molecule has 1 heterocycles. The van der Waals surface area contributed by atoms with Gasteiger partial charge in [-0.1, -0.05) is 29.8 Å². The fraction of sp³-hybridized carbons (Fsp3) is 0.0870. The van der Waals surface area contributed by atoms with Gasteiger partial charge in [-0.3, -0.25) is 9.48 Å². The quantitative estimate of drug-likeness (QED) is 0.346. The lowest BCUT2D eigenvalue weighted by Crippen LogP contribution is -2.28. The summed E-state index contributed by atoms with van der Waals surface area (Å²) in [5.74, 6) is -0.688. The van der Waals surface area contributed by atoms with Crippen molar-refractivity contribution in [1.82, 2.24) is 15.1 Å². The highest BCUT2D eigenvalue weighted by atomic mass is 35.5. The molecule has 4 rings (SSSR count). The minimum absolute atomic E-state index is 0.0155. The van der Waals surface area contributed by atoms with E-state index in [0.717, 1.165) is 17.1 Å². The number of anilines is 3. The topological polar surface area (TPSA) is 114 Å². The minimum atomic E-state index is -0.633. The smallest absolute Gasteiger partial charge is 0.319 e. The number of nitrogens with two attached hydrogens (primary N) is 1. The number of hydrogen-bond donors (Lipinski definition) is 4. The number of carbonyl (C=O) groups excluding carboxylic acids is 2. The summed E-state index contributed by atoms with van der Waals surface area (Å²) in [6, 6.07) is 15.7. The Morgan fingerprint density at radius 1 is 1.09 bits per heavy atom. The molecule has 1 aromatic heterocycles. The van der Waals surface area contributed by atoms with Crippen molar-refractivity contribution in [3.8, 4) is 0 Å². The maximum Gasteiger partial charge on any atom is 0.319 e. The number of aryl methyl sites for hydroxylation is 1. The van der Waals surface area contributed by atoms with Crippen molar-refractivity contribution in [2.45, 2.75) is 6.54 Å². The lowest BCUT2D eigenvalue weighted by molar-refractivity contribution is 0.102. The van der Waals surface area contributed by atoms with E-state index in [1.54, 1.807) is 48.1 Å². The first-order chi connectivity index (χ1) is 15.8. The van der Waals surface area contributed by atoms with Crippen LogP contribution in [0.4, 0.5) is 26.4 Å². The van der Waals surface area contributed by atoms with Crippen LogP contribution in [0.5, 0.6) is 0 Å². The number of carbonyl (C=O) groups is 2. The predicted octanol–water partition coefficient (Wildman–Crippen LogP) is 4.52. The average Bonchev–Trinajstić information content (AvgIpc) is 3.08. The van der Waals surface area contributed by atoms with Crippen LogP contribution in [-0.2, 0) is 13.6 Å². The highest BCUT2D eigenvalue weighted by Crippen LogP contribution is 2.25. The normalized spacial score (nSPS) is 10.8. The molecule has 0 atom stereocenters. The van der Waals surface area contributed by atoms with E-state index in [1.807, 2.05) is 6.07 Å². The van der Waals surface area contributed by atoms with E-state index < -0.39 is 11.8 Å². The molecule has 0 aliphatic rings. The molecule has 8 nitrogen and oxygen atoms in total. The Morgan fingerprint density at radius 3 is 2.67 bits per heavy atom. The molecule has 3 amide bonds. The highest BCUT2D eigenvalue weighted by molar-refractivity contribution is 6.30. The molecular weight excluding hydrogens is 447 g/mol. The molecule has 0 unspecified atom stereocenters. The zero-order valence-corrected chi connectivity index (χ0v) is 18.3. The summed E-state index contributed by atoms with van der Waals surface area (Å²) in [4.78, 5) is 25.0. The molecule has 0 saturated carbocycles. The van der Waals surface area contributed by atoms with Crippen LogP contribution in [0.15, 0.2) is 60.7 Å². The zero-order chi connectivity index (χ0) is 23.5. The second kappa shape index (κ2) is 9.17. The fourth-order valence-corrected chi connectivity index (χ4v) is 3.59. The van der Waals surface area contributed by atoms with Crippen LogP contribution >= 0.6 is 11.6 Å². The van der Waals surface area contributed by atoms with Gasteiger partial charge in [0.25, 0.3) is 5.91 Å². The molecule has 5 N–H and O–H groups in total. The second-order valence-corrected chi connectivity index (χ2v) is 7.73. The van der Waals surface area contributed by atoms with Crippen molar-refractivity contribution in [3.05, 3.63) is 82.6 Å². The van der Waals surface area contributed by atoms with E-state index in [9.17, 15) is 14.0 Å². The molecule has 0 bridgehead atoms. The first-order valence-electron chi connectivity index (χ1n) is 9.93. The SMILES string of the molecule is Cn1nc(N)c2c(C(=O)Nc3cccc(CNC(=O)Nc4ccc(Cl)cc4F)c3)cccc21. The monoisotopic (exact) mass is 466 g/mol. The van der Waals surface area contributed by atoms with E-state index in [0.29, 0.717) is 16.6 Å². The summed E-state index contributed by atoms with van der Waals surface area (Å²) in [6.45, 7) is 0.163. The van der Waals surface area contributed by atoms with Gasteiger partial charge >= 0.3 is 6.03 Å². The Morgan fingerprint density at radius 2 is 1.88 bits per heavy atom. The van der Waals surface area contributed by atoms with Crippen LogP contribution in [0.2, 0.25) is 5.02 Å². The van der Waals surface area contributed by atoms with Crippen molar-refractivity contribution >= 4 is 51.6 Å². The molecule has 3 aromatic carbocycles. The number of halogens is 2. The van der Waals surface area contributed by atoms with Gasteiger partial charge in [0.1, 0.15) is 5.82 Å². The molecular formula is C23H20ClFN6O2. The number of urea groups is 1. The van der Waals surface area contributed by atoms with Gasteiger partial charge in [0.15, 0.2) is 5.82 Å². The summed E-state index contributed by atoms with van der Waals surface area (Å²) in [5, 5.41) is 12.9. The van der Waals surface area contributed by atoms with Gasteiger partial charge in [-0.15, -0.1) is 0 Å². The summed E-state index contributed by atoms with van der Waals surface area (Å²) in [7, 11) is 1.76. The summed E-state index contributed by atoms with van der Waals surface area (Å²) in [5.41, 5.74) is 8.44. The van der Waals surface area contributed by atoms with Gasteiger partial charge < -0.3 is 21.7 Å². The van der Waals surface area contributed by atoms with E-state index in [4.69, 9.17) is 17.3 Å². The largest absolute Gasteiger partial charge is 0.382 e. The highest BCUT2D eigenvalue weighted by Gasteiger charge is 2.16. The van der Waals surface area contributed by atoms with Crippen molar-refractivity contribution in [2.24, 2.45) is 7.05 Å². The van der Waals surface area contributed by atoms with Crippen LogP contribution in [0.25, 0.3) is 10.9 Å². The maximum atomic E-state index is 13.8. The van der Waals surface area contributed by atoms with Crippen LogP contribution in [0.1, 0.15) is 15.9 Å². The van der Waals surface area contributed by atoms with Crippen molar-refractivity contribution in [1.29, 1.82) is 0 Å². The van der Waals surface area contributed by atoms with Gasteiger partial charge in [0, 0.05) is 24.3 Å². The Hall–Kier alpha value is -4.11. The Kier molecular flexibility index (Phi) is 6.14. The second-order valence-electron chi connectivity index (χ2n) is 7.29. The molecule has 168 valence electrons. The number of hydrogen-bond acceptors (Lipinski definition) is 4. The van der Waals surface area contributed by atoms with Crippen LogP contribution in [0.3, 0.4) is 0 Å². The van der Waals surface area contributed by atoms with E-state index in [2.05, 4.69) is 21.0 Å². The number of nitrogen functional groups attached to an aromatic ring is 1. The first-order valence-corrected chi connectivity index (χ1v) is 10.3. The number of benzene rings is 3. The van der Waals surface area contributed by atoms with Gasteiger partial charge in [0.05, 0.1) is 22.2 Å². The summed E-state index contributed by atoms with van der Waals surface area (Å²) >= 11 is 5.71. The lowest BCUT2D eigenvalue weighted by Gasteiger charge is -2.11. The Labute approximate surface area is 193 Å². The number of rotatable bonds is 5. The number of aromatic nitrogens is 2. The average molecular weight is 467 g/mol. The molecule has 33 heavy (non-hydrogen) atoms. The van der Waals surface area contributed by atoms with Gasteiger partial charge in [-0.2, -0.15) is 5.10 Å². The Balaban J connectivity index is 1.42. The van der Waals surface area contributed by atoms with Gasteiger partial charge in [-0.05, 0) is 48.0 Å². The van der Waals surface area contributed by atoms with E-state index >= 15 is 0 Å². The fourth-order valence-electron chi connectivity index (χ4n) is 3.43. The zero-order valence-electron chi connectivity index (χ0n) is 17.5. The third kappa shape index (κ3) is 4.88. The van der Waals surface area contributed by atoms with Crippen LogP contribution in [0, 0.1) is 5.82 Å². The van der Waals surface area contributed by atoms with Crippen LogP contribution < -0.4 is 21.7 Å². The molecule has 0 radical (unpaired) electrons. The number of nitrogens with zero attached hydrogens (tertiary/aromatic N) is 2. The summed E-state index contributed by atoms with van der Waals surface area (Å²) < 4.78 is 15.5. The van der Waals surface area contributed by atoms with Crippen molar-refractivity contribution in [2.75, 3.05) is 16.4 Å². The predicted molar refractivity (Wildman–Crippen MR) is 127 cm³/mol. The Bertz CT molecular complexity index is 1370. The van der Waals surface area contributed by atoms with Crippen LogP contribution in [-0.4, -0.2) is 21.7 Å². The third-order valence-electron chi connectivity index (χ3n) is 4.97. The lowest BCUT2D eigenvalue weighted by atomic mass is 10.1. The summed E-state index contributed by atoms with van der Waals surface area (Å²) in [6.07, 6.45) is 0. The van der Waals surface area contributed by atoms with Gasteiger partial charge in [-0.25, -0.2) is 9.18 Å². The standard InChI is InChI=1S/C23H20ClFN6O2/c1-31-19-7-3-6-16(20(19)21(26)30-31)22(32)28-15-5-2-4-13(10-15)12-27-23(33)29-18-9-8-14(24)11-17(18)25/h2-11H,12H2,1H3,(H2,26,30)(H,28,32)(H2,27,29,33). The van der Waals surface area contributed by atoms with Gasteiger partial charge in [0.2, 0.25) is 0 Å². The minimum Gasteiger partial charge on any atom is -0.382 e. The number of amides is 3. The maximum absolute atomic E-state index is 13.8. The molecule has 10 heteroatoms.